The number of thiazole rings is 1. The number of ether oxygens (including phenoxy) is 1. The summed E-state index contributed by atoms with van der Waals surface area (Å²) in [7, 11) is 0. The number of rotatable bonds is 4. The maximum atomic E-state index is 11.6. The van der Waals surface area contributed by atoms with Crippen LogP contribution in [0.1, 0.15) is 10.4 Å². The lowest BCUT2D eigenvalue weighted by molar-refractivity contribution is -0.119. The van der Waals surface area contributed by atoms with Crippen LogP contribution in [0, 0.1) is 0 Å². The van der Waals surface area contributed by atoms with Crippen LogP contribution in [0.5, 0.6) is 0 Å². The first-order valence-corrected chi connectivity index (χ1v) is 6.79. The van der Waals surface area contributed by atoms with Crippen LogP contribution in [-0.4, -0.2) is 28.5 Å². The van der Waals surface area contributed by atoms with Gasteiger partial charge in [0.25, 0.3) is 5.91 Å². The van der Waals surface area contributed by atoms with Gasteiger partial charge in [-0.05, 0) is 22.0 Å². The highest BCUT2D eigenvalue weighted by molar-refractivity contribution is 9.10. The van der Waals surface area contributed by atoms with Crippen molar-refractivity contribution in [1.29, 1.82) is 0 Å². The predicted octanol–water partition coefficient (Wildman–Crippen LogP) is 2.10. The Labute approximate surface area is 121 Å². The molecule has 0 fully saturated rings. The molecule has 8 heteroatoms. The minimum atomic E-state index is -0.608. The molecule has 0 aliphatic carbocycles. The highest BCUT2D eigenvalue weighted by atomic mass is 79.9. The molecule has 2 rings (SSSR count). The Morgan fingerprint density at radius 1 is 1.42 bits per heavy atom. The van der Waals surface area contributed by atoms with Gasteiger partial charge in [0.05, 0.1) is 5.56 Å². The maximum Gasteiger partial charge on any atom is 0.340 e. The molecular weight excluding hydrogens is 334 g/mol. The second-order valence-electron chi connectivity index (χ2n) is 3.35. The van der Waals surface area contributed by atoms with E-state index in [1.807, 2.05) is 0 Å². The summed E-state index contributed by atoms with van der Waals surface area (Å²) >= 11 is 4.48. The van der Waals surface area contributed by atoms with Gasteiger partial charge in [-0.15, -0.1) is 11.3 Å². The molecule has 0 aromatic carbocycles. The van der Waals surface area contributed by atoms with Gasteiger partial charge < -0.3 is 4.74 Å². The number of pyridine rings is 1. The van der Waals surface area contributed by atoms with Crippen LogP contribution in [0.4, 0.5) is 5.13 Å². The molecule has 6 nitrogen and oxygen atoms in total. The van der Waals surface area contributed by atoms with Gasteiger partial charge >= 0.3 is 5.97 Å². The predicted molar refractivity (Wildman–Crippen MR) is 73.0 cm³/mol. The van der Waals surface area contributed by atoms with Gasteiger partial charge in [0, 0.05) is 28.4 Å². The zero-order valence-electron chi connectivity index (χ0n) is 9.50. The van der Waals surface area contributed by atoms with E-state index in [1.165, 1.54) is 17.5 Å². The van der Waals surface area contributed by atoms with E-state index in [1.54, 1.807) is 23.8 Å². The molecule has 0 saturated carbocycles. The quantitative estimate of drug-likeness (QED) is 0.861. The largest absolute Gasteiger partial charge is 0.452 e. The summed E-state index contributed by atoms with van der Waals surface area (Å²) in [5.74, 6) is -1.05. The molecule has 2 aromatic heterocycles. The number of anilines is 1. The van der Waals surface area contributed by atoms with Crippen LogP contribution in [0.2, 0.25) is 0 Å². The van der Waals surface area contributed by atoms with Gasteiger partial charge in [-0.25, -0.2) is 9.78 Å². The molecule has 19 heavy (non-hydrogen) atoms. The van der Waals surface area contributed by atoms with Crippen molar-refractivity contribution >= 4 is 44.3 Å². The van der Waals surface area contributed by atoms with Crippen molar-refractivity contribution in [3.05, 3.63) is 40.1 Å². The zero-order valence-corrected chi connectivity index (χ0v) is 11.9. The van der Waals surface area contributed by atoms with Crippen molar-refractivity contribution in [1.82, 2.24) is 9.97 Å². The Morgan fingerprint density at radius 2 is 2.26 bits per heavy atom. The van der Waals surface area contributed by atoms with Crippen molar-refractivity contribution in [2.75, 3.05) is 11.9 Å². The molecule has 0 aliphatic rings. The van der Waals surface area contributed by atoms with Crippen molar-refractivity contribution in [3.8, 4) is 0 Å². The van der Waals surface area contributed by atoms with Gasteiger partial charge in [-0.2, -0.15) is 0 Å². The minimum absolute atomic E-state index is 0.274. The number of halogens is 1. The molecule has 0 unspecified atom stereocenters. The minimum Gasteiger partial charge on any atom is -0.452 e. The van der Waals surface area contributed by atoms with Gasteiger partial charge in [0.1, 0.15) is 0 Å². The van der Waals surface area contributed by atoms with E-state index >= 15 is 0 Å². The van der Waals surface area contributed by atoms with E-state index in [0.29, 0.717) is 9.60 Å². The smallest absolute Gasteiger partial charge is 0.340 e. The summed E-state index contributed by atoms with van der Waals surface area (Å²) in [6.07, 6.45) is 4.48. The van der Waals surface area contributed by atoms with E-state index in [4.69, 9.17) is 4.74 Å². The monoisotopic (exact) mass is 341 g/mol. The average molecular weight is 342 g/mol. The molecule has 1 N–H and O–H groups in total. The SMILES string of the molecule is O=C(COC(=O)c1cncc(Br)c1)Nc1nccs1. The van der Waals surface area contributed by atoms with Crippen molar-refractivity contribution in [2.24, 2.45) is 0 Å². The summed E-state index contributed by atoms with van der Waals surface area (Å²) in [6.45, 7) is -0.370. The fourth-order valence-corrected chi connectivity index (χ4v) is 2.09. The molecule has 2 heterocycles. The Kier molecular flexibility index (Phi) is 4.58. The zero-order chi connectivity index (χ0) is 13.7. The topological polar surface area (TPSA) is 81.2 Å². The fourth-order valence-electron chi connectivity index (χ4n) is 1.18. The number of carbonyl (C=O) groups excluding carboxylic acids is 2. The summed E-state index contributed by atoms with van der Waals surface area (Å²) < 4.78 is 5.52. The first-order valence-electron chi connectivity index (χ1n) is 5.12. The third-order valence-corrected chi connectivity index (χ3v) is 3.08. The maximum absolute atomic E-state index is 11.6. The Hall–Kier alpha value is -1.80. The molecule has 0 spiro atoms. The summed E-state index contributed by atoms with van der Waals surface area (Å²) in [5.41, 5.74) is 0.274. The van der Waals surface area contributed by atoms with E-state index in [0.717, 1.165) is 0 Å². The first kappa shape index (κ1) is 13.6. The first-order chi connectivity index (χ1) is 9.15. The van der Waals surface area contributed by atoms with Crippen molar-refractivity contribution in [2.45, 2.75) is 0 Å². The second-order valence-corrected chi connectivity index (χ2v) is 5.16. The average Bonchev–Trinajstić information content (AvgIpc) is 2.88. The van der Waals surface area contributed by atoms with Crippen molar-refractivity contribution < 1.29 is 14.3 Å². The molecule has 0 saturated heterocycles. The summed E-state index contributed by atoms with van der Waals surface area (Å²) in [5, 5.41) is 4.70. The van der Waals surface area contributed by atoms with Crippen molar-refractivity contribution in [3.63, 3.8) is 0 Å². The highest BCUT2D eigenvalue weighted by Gasteiger charge is 2.11. The number of nitrogens with one attached hydrogen (secondary N) is 1. The lowest BCUT2D eigenvalue weighted by Gasteiger charge is -2.04. The Bertz CT molecular complexity index is 589. The van der Waals surface area contributed by atoms with E-state index in [9.17, 15) is 9.59 Å². The van der Waals surface area contributed by atoms with Crippen LogP contribution in [-0.2, 0) is 9.53 Å². The molecule has 0 bridgehead atoms. The van der Waals surface area contributed by atoms with Gasteiger partial charge in [-0.1, -0.05) is 0 Å². The lowest BCUT2D eigenvalue weighted by Crippen LogP contribution is -2.20. The third kappa shape index (κ3) is 4.11. The molecule has 1 amide bonds. The Morgan fingerprint density at radius 3 is 2.95 bits per heavy atom. The van der Waals surface area contributed by atoms with Crippen LogP contribution >= 0.6 is 27.3 Å². The molecule has 98 valence electrons. The number of carbonyl (C=O) groups is 2. The number of amides is 1. The van der Waals surface area contributed by atoms with Crippen LogP contribution in [0.15, 0.2) is 34.5 Å². The van der Waals surface area contributed by atoms with Gasteiger partial charge in [-0.3, -0.25) is 15.1 Å². The van der Waals surface area contributed by atoms with Gasteiger partial charge in [0.15, 0.2) is 11.7 Å². The summed E-state index contributed by atoms with van der Waals surface area (Å²) in [4.78, 5) is 30.8. The highest BCUT2D eigenvalue weighted by Crippen LogP contribution is 2.11. The molecule has 0 aliphatic heterocycles. The van der Waals surface area contributed by atoms with Crippen LogP contribution in [0.25, 0.3) is 0 Å². The molecule has 2 aromatic rings. The number of hydrogen-bond donors (Lipinski definition) is 1. The van der Waals surface area contributed by atoms with Gasteiger partial charge in [0.2, 0.25) is 0 Å². The fraction of sp³-hybridized carbons (Fsp3) is 0.0909. The van der Waals surface area contributed by atoms with Crippen LogP contribution in [0.3, 0.4) is 0 Å². The van der Waals surface area contributed by atoms with E-state index in [2.05, 4.69) is 31.2 Å². The lowest BCUT2D eigenvalue weighted by atomic mass is 10.3. The van der Waals surface area contributed by atoms with Crippen LogP contribution < -0.4 is 5.32 Å². The second kappa shape index (κ2) is 6.39. The number of aromatic nitrogens is 2. The Balaban J connectivity index is 1.85. The van der Waals surface area contributed by atoms with E-state index < -0.39 is 11.9 Å². The van der Waals surface area contributed by atoms with E-state index in [-0.39, 0.29) is 12.2 Å². The number of hydrogen-bond acceptors (Lipinski definition) is 6. The molecule has 0 atom stereocenters. The number of nitrogens with zero attached hydrogens (tertiary/aromatic N) is 2. The molecular formula is C11H8BrN3O3S. The number of esters is 1. The molecule has 0 radical (unpaired) electrons. The third-order valence-electron chi connectivity index (χ3n) is 1.95. The summed E-state index contributed by atoms with van der Waals surface area (Å²) in [6, 6.07) is 1.56. The standard InChI is InChI=1S/C11H8BrN3O3S/c12-8-3-7(4-13-5-8)10(17)18-6-9(16)15-11-14-1-2-19-11/h1-5H,6H2,(H,14,15,16). The normalized spacial score (nSPS) is 9.95.